The van der Waals surface area contributed by atoms with E-state index in [0.717, 1.165) is 25.9 Å². The van der Waals surface area contributed by atoms with E-state index in [9.17, 15) is 9.59 Å². The van der Waals surface area contributed by atoms with Crippen LogP contribution in [-0.4, -0.2) is 35.8 Å². The van der Waals surface area contributed by atoms with Crippen molar-refractivity contribution >= 4 is 11.8 Å². The van der Waals surface area contributed by atoms with E-state index in [4.69, 9.17) is 0 Å². The molecule has 23 heavy (non-hydrogen) atoms. The smallest absolute Gasteiger partial charge is 0.251 e. The molecule has 2 rings (SSSR count). The Bertz CT molecular complexity index is 541. The van der Waals surface area contributed by atoms with Crippen LogP contribution < -0.4 is 5.32 Å². The standard InChI is InChI=1S/C19H28N2O2/c1-13(2)15-5-7-16(8-6-15)18(22)20-17-9-11-21(12-10-17)19(23)14(3)4/h5-8,13-14,17H,9-12H2,1-4H3,(H,20,22). The summed E-state index contributed by atoms with van der Waals surface area (Å²) in [5.74, 6) is 0.698. The largest absolute Gasteiger partial charge is 0.349 e. The first-order chi connectivity index (χ1) is 10.9. The van der Waals surface area contributed by atoms with E-state index in [0.29, 0.717) is 11.5 Å². The zero-order valence-corrected chi connectivity index (χ0v) is 14.6. The molecule has 1 heterocycles. The molecule has 1 aliphatic heterocycles. The fraction of sp³-hybridized carbons (Fsp3) is 0.579. The highest BCUT2D eigenvalue weighted by molar-refractivity contribution is 5.94. The van der Waals surface area contributed by atoms with Crippen molar-refractivity contribution < 1.29 is 9.59 Å². The van der Waals surface area contributed by atoms with E-state index in [2.05, 4.69) is 19.2 Å². The van der Waals surface area contributed by atoms with Crippen molar-refractivity contribution in [2.75, 3.05) is 13.1 Å². The molecule has 4 heteroatoms. The molecule has 1 N–H and O–H groups in total. The third kappa shape index (κ3) is 4.57. The van der Waals surface area contributed by atoms with Gasteiger partial charge in [-0.1, -0.05) is 39.8 Å². The van der Waals surface area contributed by atoms with Crippen molar-refractivity contribution in [2.45, 2.75) is 52.5 Å². The number of amides is 2. The molecule has 1 saturated heterocycles. The fourth-order valence-corrected chi connectivity index (χ4v) is 2.90. The van der Waals surface area contributed by atoms with E-state index in [1.165, 1.54) is 5.56 Å². The molecular weight excluding hydrogens is 288 g/mol. The minimum Gasteiger partial charge on any atom is -0.349 e. The third-order valence-corrected chi connectivity index (χ3v) is 4.48. The van der Waals surface area contributed by atoms with Crippen LogP contribution in [0.3, 0.4) is 0 Å². The molecule has 4 nitrogen and oxygen atoms in total. The first-order valence-electron chi connectivity index (χ1n) is 8.58. The van der Waals surface area contributed by atoms with Crippen LogP contribution >= 0.6 is 0 Å². The van der Waals surface area contributed by atoms with E-state index in [1.54, 1.807) is 0 Å². The number of piperidine rings is 1. The number of rotatable bonds is 4. The molecule has 0 aliphatic carbocycles. The Morgan fingerprint density at radius 1 is 1.04 bits per heavy atom. The van der Waals surface area contributed by atoms with Gasteiger partial charge in [-0.3, -0.25) is 9.59 Å². The van der Waals surface area contributed by atoms with E-state index >= 15 is 0 Å². The molecule has 0 atom stereocenters. The molecule has 0 bridgehead atoms. The second-order valence-electron chi connectivity index (χ2n) is 7.00. The van der Waals surface area contributed by atoms with Crippen LogP contribution in [0.4, 0.5) is 0 Å². The normalized spacial score (nSPS) is 16.0. The van der Waals surface area contributed by atoms with Gasteiger partial charge >= 0.3 is 0 Å². The molecule has 0 saturated carbocycles. The summed E-state index contributed by atoms with van der Waals surface area (Å²) < 4.78 is 0. The number of benzene rings is 1. The fourth-order valence-electron chi connectivity index (χ4n) is 2.90. The summed E-state index contributed by atoms with van der Waals surface area (Å²) in [7, 11) is 0. The van der Waals surface area contributed by atoms with Gasteiger partial charge in [0.15, 0.2) is 0 Å². The van der Waals surface area contributed by atoms with Gasteiger partial charge < -0.3 is 10.2 Å². The summed E-state index contributed by atoms with van der Waals surface area (Å²) in [4.78, 5) is 26.2. The number of hydrogen-bond acceptors (Lipinski definition) is 2. The van der Waals surface area contributed by atoms with Crippen molar-refractivity contribution in [2.24, 2.45) is 5.92 Å². The molecule has 1 aromatic carbocycles. The average molecular weight is 316 g/mol. The second kappa shape index (κ2) is 7.62. The van der Waals surface area contributed by atoms with Gasteiger partial charge in [0.25, 0.3) is 5.91 Å². The zero-order chi connectivity index (χ0) is 17.0. The third-order valence-electron chi connectivity index (χ3n) is 4.48. The maximum absolute atomic E-state index is 12.3. The molecule has 2 amide bonds. The number of nitrogens with zero attached hydrogens (tertiary/aromatic N) is 1. The van der Waals surface area contributed by atoms with Crippen LogP contribution in [0.25, 0.3) is 0 Å². The number of likely N-dealkylation sites (tertiary alicyclic amines) is 1. The summed E-state index contributed by atoms with van der Waals surface area (Å²) in [5, 5.41) is 3.10. The SMILES string of the molecule is CC(C)C(=O)N1CCC(NC(=O)c2ccc(C(C)C)cc2)CC1. The average Bonchev–Trinajstić information content (AvgIpc) is 2.54. The van der Waals surface area contributed by atoms with Crippen molar-refractivity contribution in [3.05, 3.63) is 35.4 Å². The van der Waals surface area contributed by atoms with Crippen molar-refractivity contribution in [1.29, 1.82) is 0 Å². The van der Waals surface area contributed by atoms with E-state index in [-0.39, 0.29) is 23.8 Å². The Balaban J connectivity index is 1.86. The predicted molar refractivity (Wildman–Crippen MR) is 92.4 cm³/mol. The lowest BCUT2D eigenvalue weighted by molar-refractivity contribution is -0.135. The molecular formula is C19H28N2O2. The van der Waals surface area contributed by atoms with Gasteiger partial charge in [0.05, 0.1) is 0 Å². The highest BCUT2D eigenvalue weighted by Gasteiger charge is 2.25. The topological polar surface area (TPSA) is 49.4 Å². The van der Waals surface area contributed by atoms with Crippen molar-refractivity contribution in [3.63, 3.8) is 0 Å². The lowest BCUT2D eigenvalue weighted by Gasteiger charge is -2.33. The minimum atomic E-state index is -0.0195. The minimum absolute atomic E-state index is 0.0195. The molecule has 0 radical (unpaired) electrons. The van der Waals surface area contributed by atoms with Crippen LogP contribution in [0, 0.1) is 5.92 Å². The number of carbonyl (C=O) groups is 2. The van der Waals surface area contributed by atoms with Crippen LogP contribution in [0.2, 0.25) is 0 Å². The van der Waals surface area contributed by atoms with Crippen LogP contribution in [0.1, 0.15) is 62.4 Å². The zero-order valence-electron chi connectivity index (χ0n) is 14.6. The Hall–Kier alpha value is -1.84. The van der Waals surface area contributed by atoms with E-state index in [1.807, 2.05) is 43.0 Å². The first kappa shape index (κ1) is 17.5. The number of hydrogen-bond donors (Lipinski definition) is 1. The Labute approximate surface area is 139 Å². The first-order valence-corrected chi connectivity index (χ1v) is 8.58. The molecule has 1 aromatic rings. The summed E-state index contributed by atoms with van der Waals surface area (Å²) in [5.41, 5.74) is 1.94. The van der Waals surface area contributed by atoms with Gasteiger partial charge in [-0.05, 0) is 36.5 Å². The van der Waals surface area contributed by atoms with Gasteiger partial charge in [-0.15, -0.1) is 0 Å². The maximum atomic E-state index is 12.3. The molecule has 0 aromatic heterocycles. The molecule has 1 aliphatic rings. The Morgan fingerprint density at radius 2 is 1.61 bits per heavy atom. The molecule has 1 fully saturated rings. The quantitative estimate of drug-likeness (QED) is 0.927. The van der Waals surface area contributed by atoms with Gasteiger partial charge in [-0.25, -0.2) is 0 Å². The molecule has 0 unspecified atom stereocenters. The number of carbonyl (C=O) groups excluding carboxylic acids is 2. The van der Waals surface area contributed by atoms with Crippen molar-refractivity contribution in [1.82, 2.24) is 10.2 Å². The lowest BCUT2D eigenvalue weighted by Crippen LogP contribution is -2.47. The Morgan fingerprint density at radius 3 is 2.09 bits per heavy atom. The predicted octanol–water partition coefficient (Wildman–Crippen LogP) is 3.19. The maximum Gasteiger partial charge on any atom is 0.251 e. The summed E-state index contributed by atoms with van der Waals surface area (Å²) in [6.45, 7) is 9.60. The van der Waals surface area contributed by atoms with Crippen molar-refractivity contribution in [3.8, 4) is 0 Å². The summed E-state index contributed by atoms with van der Waals surface area (Å²) >= 11 is 0. The lowest BCUT2D eigenvalue weighted by atomic mass is 10.0. The number of nitrogens with one attached hydrogen (secondary N) is 1. The molecule has 126 valence electrons. The highest BCUT2D eigenvalue weighted by atomic mass is 16.2. The Kier molecular flexibility index (Phi) is 5.80. The monoisotopic (exact) mass is 316 g/mol. The van der Waals surface area contributed by atoms with E-state index < -0.39 is 0 Å². The van der Waals surface area contributed by atoms with Gasteiger partial charge in [0, 0.05) is 30.6 Å². The second-order valence-corrected chi connectivity index (χ2v) is 7.00. The van der Waals surface area contributed by atoms with Crippen LogP contribution in [0.5, 0.6) is 0 Å². The summed E-state index contributed by atoms with van der Waals surface area (Å²) in [6.07, 6.45) is 1.66. The van der Waals surface area contributed by atoms with Gasteiger partial charge in [-0.2, -0.15) is 0 Å². The molecule has 0 spiro atoms. The highest BCUT2D eigenvalue weighted by Crippen LogP contribution is 2.16. The van der Waals surface area contributed by atoms with Gasteiger partial charge in [0.1, 0.15) is 0 Å². The summed E-state index contributed by atoms with van der Waals surface area (Å²) in [6, 6.07) is 7.97. The van der Waals surface area contributed by atoms with Crippen LogP contribution in [0.15, 0.2) is 24.3 Å². The van der Waals surface area contributed by atoms with Gasteiger partial charge in [0.2, 0.25) is 5.91 Å². The van der Waals surface area contributed by atoms with Crippen LogP contribution in [-0.2, 0) is 4.79 Å².